The fraction of sp³-hybridized carbons (Fsp3) is 0.524. The minimum absolute atomic E-state index is 0.239. The molecule has 8 heteroatoms. The lowest BCUT2D eigenvalue weighted by molar-refractivity contribution is 0.0634. The van der Waals surface area contributed by atoms with Crippen LogP contribution in [0.1, 0.15) is 41.7 Å². The molecule has 1 aliphatic rings. The summed E-state index contributed by atoms with van der Waals surface area (Å²) in [4.78, 5) is 21.0. The molecule has 1 unspecified atom stereocenters. The zero-order chi connectivity index (χ0) is 20.6. The van der Waals surface area contributed by atoms with Gasteiger partial charge in [0.05, 0.1) is 12.6 Å². The number of β-amino-alcohol motifs (C(OH)–C–C–N with tert-alkyl or cyclic N) is 1. The predicted molar refractivity (Wildman–Crippen MR) is 107 cm³/mol. The van der Waals surface area contributed by atoms with Crippen molar-refractivity contribution in [2.75, 3.05) is 32.7 Å². The SMILES string of the molecule is CCCC(O)CN1CCN(Cc2nc(C(=O)NCc3ccc(F)cc3)co2)CC1. The monoisotopic (exact) mass is 404 g/mol. The fourth-order valence-electron chi connectivity index (χ4n) is 3.41. The molecule has 1 aliphatic heterocycles. The van der Waals surface area contributed by atoms with Crippen LogP contribution in [0.5, 0.6) is 0 Å². The van der Waals surface area contributed by atoms with Crippen LogP contribution in [0.3, 0.4) is 0 Å². The third-order valence-electron chi connectivity index (χ3n) is 5.07. The van der Waals surface area contributed by atoms with E-state index in [1.807, 2.05) is 0 Å². The van der Waals surface area contributed by atoms with Gasteiger partial charge in [0.15, 0.2) is 5.69 Å². The molecule has 158 valence electrons. The van der Waals surface area contributed by atoms with Crippen LogP contribution in [-0.4, -0.2) is 64.6 Å². The molecule has 2 aromatic rings. The molecule has 2 heterocycles. The Labute approximate surface area is 170 Å². The van der Waals surface area contributed by atoms with E-state index in [1.54, 1.807) is 12.1 Å². The Morgan fingerprint density at radius 3 is 2.62 bits per heavy atom. The predicted octanol–water partition coefficient (Wildman–Crippen LogP) is 2.02. The van der Waals surface area contributed by atoms with Crippen molar-refractivity contribution in [2.24, 2.45) is 0 Å². The molecule has 29 heavy (non-hydrogen) atoms. The van der Waals surface area contributed by atoms with E-state index in [-0.39, 0.29) is 23.5 Å². The molecule has 1 amide bonds. The second-order valence-corrected chi connectivity index (χ2v) is 7.45. The number of carbonyl (C=O) groups is 1. The van der Waals surface area contributed by atoms with Crippen molar-refractivity contribution in [2.45, 2.75) is 39.0 Å². The number of piperazine rings is 1. The van der Waals surface area contributed by atoms with Crippen molar-refractivity contribution in [3.8, 4) is 0 Å². The second-order valence-electron chi connectivity index (χ2n) is 7.45. The van der Waals surface area contributed by atoms with Gasteiger partial charge in [0.25, 0.3) is 5.91 Å². The molecular formula is C21H29FN4O3. The number of rotatable bonds is 9. The summed E-state index contributed by atoms with van der Waals surface area (Å²) in [5.41, 5.74) is 1.05. The van der Waals surface area contributed by atoms with E-state index in [0.29, 0.717) is 19.0 Å². The maximum Gasteiger partial charge on any atom is 0.273 e. The topological polar surface area (TPSA) is 81.8 Å². The minimum atomic E-state index is -0.320. The summed E-state index contributed by atoms with van der Waals surface area (Å²) >= 11 is 0. The Morgan fingerprint density at radius 2 is 1.93 bits per heavy atom. The van der Waals surface area contributed by atoms with E-state index in [4.69, 9.17) is 4.42 Å². The molecule has 0 aliphatic carbocycles. The molecule has 1 saturated heterocycles. The van der Waals surface area contributed by atoms with Crippen LogP contribution in [0.2, 0.25) is 0 Å². The zero-order valence-corrected chi connectivity index (χ0v) is 16.8. The van der Waals surface area contributed by atoms with Crippen LogP contribution >= 0.6 is 0 Å². The average molecular weight is 404 g/mol. The molecule has 1 aromatic carbocycles. The van der Waals surface area contributed by atoms with Crippen LogP contribution in [-0.2, 0) is 13.1 Å². The van der Waals surface area contributed by atoms with Crippen molar-refractivity contribution in [3.05, 3.63) is 53.5 Å². The number of oxazole rings is 1. The Bertz CT molecular complexity index is 772. The molecule has 1 fully saturated rings. The first-order valence-electron chi connectivity index (χ1n) is 10.1. The number of amides is 1. The van der Waals surface area contributed by atoms with Crippen LogP contribution < -0.4 is 5.32 Å². The summed E-state index contributed by atoms with van der Waals surface area (Å²) in [6.45, 7) is 7.18. The summed E-state index contributed by atoms with van der Waals surface area (Å²) in [7, 11) is 0. The second kappa shape index (κ2) is 10.5. The largest absolute Gasteiger partial charge is 0.447 e. The maximum atomic E-state index is 12.9. The highest BCUT2D eigenvalue weighted by Gasteiger charge is 2.21. The van der Waals surface area contributed by atoms with Gasteiger partial charge in [0.2, 0.25) is 5.89 Å². The number of hydrogen-bond donors (Lipinski definition) is 2. The van der Waals surface area contributed by atoms with Gasteiger partial charge in [-0.2, -0.15) is 0 Å². The van der Waals surface area contributed by atoms with Crippen LogP contribution in [0.4, 0.5) is 4.39 Å². The van der Waals surface area contributed by atoms with Crippen LogP contribution in [0.15, 0.2) is 34.9 Å². The quantitative estimate of drug-likeness (QED) is 0.666. The number of aliphatic hydroxyl groups is 1. The summed E-state index contributed by atoms with van der Waals surface area (Å²) in [6.07, 6.45) is 2.94. The zero-order valence-electron chi connectivity index (χ0n) is 16.8. The number of nitrogens with zero attached hydrogens (tertiary/aromatic N) is 3. The van der Waals surface area contributed by atoms with Crippen molar-refractivity contribution >= 4 is 5.91 Å². The standard InChI is InChI=1S/C21H29FN4O3/c1-2-3-18(27)13-25-8-10-26(11-9-25)14-20-24-19(15-29-20)21(28)23-12-16-4-6-17(22)7-5-16/h4-7,15,18,27H,2-3,8-14H2,1H3,(H,23,28). The first-order valence-corrected chi connectivity index (χ1v) is 10.1. The Hall–Kier alpha value is -2.29. The van der Waals surface area contributed by atoms with Gasteiger partial charge in [-0.3, -0.25) is 14.6 Å². The third kappa shape index (κ3) is 6.62. The van der Waals surface area contributed by atoms with Gasteiger partial charge in [0, 0.05) is 39.3 Å². The molecule has 7 nitrogen and oxygen atoms in total. The summed E-state index contributed by atoms with van der Waals surface area (Å²) in [5.74, 6) is -0.116. The van der Waals surface area contributed by atoms with Crippen molar-refractivity contribution in [3.63, 3.8) is 0 Å². The van der Waals surface area contributed by atoms with Gasteiger partial charge in [0.1, 0.15) is 12.1 Å². The molecule has 0 bridgehead atoms. The number of nitrogens with one attached hydrogen (secondary N) is 1. The Balaban J connectivity index is 1.42. The van der Waals surface area contributed by atoms with E-state index < -0.39 is 0 Å². The number of hydrogen-bond acceptors (Lipinski definition) is 6. The third-order valence-corrected chi connectivity index (χ3v) is 5.07. The van der Waals surface area contributed by atoms with Gasteiger partial charge < -0.3 is 14.8 Å². The van der Waals surface area contributed by atoms with E-state index in [2.05, 4.69) is 27.0 Å². The van der Waals surface area contributed by atoms with E-state index >= 15 is 0 Å². The summed E-state index contributed by atoms with van der Waals surface area (Å²) < 4.78 is 18.4. The number of benzene rings is 1. The average Bonchev–Trinajstić information content (AvgIpc) is 3.17. The lowest BCUT2D eigenvalue weighted by atomic mass is 10.2. The fourth-order valence-corrected chi connectivity index (χ4v) is 3.41. The van der Waals surface area contributed by atoms with E-state index in [9.17, 15) is 14.3 Å². The number of aliphatic hydroxyl groups excluding tert-OH is 1. The first-order chi connectivity index (χ1) is 14.0. The molecule has 3 rings (SSSR count). The van der Waals surface area contributed by atoms with Gasteiger partial charge in [-0.1, -0.05) is 25.5 Å². The molecule has 1 aromatic heterocycles. The summed E-state index contributed by atoms with van der Waals surface area (Å²) in [5, 5.41) is 12.7. The highest BCUT2D eigenvalue weighted by atomic mass is 19.1. The van der Waals surface area contributed by atoms with Crippen molar-refractivity contribution in [1.82, 2.24) is 20.1 Å². The normalized spacial score (nSPS) is 16.7. The van der Waals surface area contributed by atoms with Gasteiger partial charge in [-0.25, -0.2) is 9.37 Å². The van der Waals surface area contributed by atoms with Crippen molar-refractivity contribution in [1.29, 1.82) is 0 Å². The van der Waals surface area contributed by atoms with Gasteiger partial charge >= 0.3 is 0 Å². The molecule has 0 saturated carbocycles. The van der Waals surface area contributed by atoms with E-state index in [0.717, 1.165) is 51.1 Å². The number of halogens is 1. The van der Waals surface area contributed by atoms with Gasteiger partial charge in [-0.05, 0) is 24.1 Å². The molecule has 0 radical (unpaired) electrons. The maximum absolute atomic E-state index is 12.9. The highest BCUT2D eigenvalue weighted by Crippen LogP contribution is 2.11. The summed E-state index contributed by atoms with van der Waals surface area (Å²) in [6, 6.07) is 5.98. The first kappa shape index (κ1) is 21.4. The number of carbonyl (C=O) groups excluding carboxylic acids is 1. The lowest BCUT2D eigenvalue weighted by Crippen LogP contribution is -2.48. The Kier molecular flexibility index (Phi) is 7.74. The molecular weight excluding hydrogens is 375 g/mol. The smallest absolute Gasteiger partial charge is 0.273 e. The molecule has 2 N–H and O–H groups in total. The van der Waals surface area contributed by atoms with Crippen molar-refractivity contribution < 1.29 is 18.7 Å². The lowest BCUT2D eigenvalue weighted by Gasteiger charge is -2.34. The number of aromatic nitrogens is 1. The van der Waals surface area contributed by atoms with Gasteiger partial charge in [-0.15, -0.1) is 0 Å². The molecule has 1 atom stereocenters. The molecule has 0 spiro atoms. The van der Waals surface area contributed by atoms with E-state index in [1.165, 1.54) is 18.4 Å². The van der Waals surface area contributed by atoms with Crippen LogP contribution in [0.25, 0.3) is 0 Å². The minimum Gasteiger partial charge on any atom is -0.447 e. The van der Waals surface area contributed by atoms with Crippen LogP contribution in [0, 0.1) is 5.82 Å². The highest BCUT2D eigenvalue weighted by molar-refractivity contribution is 5.91. The Morgan fingerprint density at radius 1 is 1.24 bits per heavy atom.